The van der Waals surface area contributed by atoms with Gasteiger partial charge in [0, 0.05) is 17.4 Å². The van der Waals surface area contributed by atoms with Crippen molar-refractivity contribution in [1.29, 1.82) is 0 Å². The number of hydrogen-bond donors (Lipinski definition) is 0. The summed E-state index contributed by atoms with van der Waals surface area (Å²) in [4.78, 5) is 14.3. The lowest BCUT2D eigenvalue weighted by atomic mass is 10.1. The average Bonchev–Trinajstić information content (AvgIpc) is 3.32. The highest BCUT2D eigenvalue weighted by atomic mass is 32.2. The fourth-order valence-electron chi connectivity index (χ4n) is 2.69. The van der Waals surface area contributed by atoms with Crippen LogP contribution in [0.4, 0.5) is 5.69 Å². The van der Waals surface area contributed by atoms with Gasteiger partial charge >= 0.3 is 0 Å². The molecule has 2 aliphatic rings. The van der Waals surface area contributed by atoms with Crippen LogP contribution in [0.25, 0.3) is 0 Å². The lowest BCUT2D eigenvalue weighted by molar-refractivity contribution is -0.120. The second-order valence-electron chi connectivity index (χ2n) is 5.75. The molecular formula is C16H19NO5S. The number of hydrogen-bond acceptors (Lipinski definition) is 5. The molecule has 0 spiro atoms. The van der Waals surface area contributed by atoms with E-state index < -0.39 is 15.9 Å². The van der Waals surface area contributed by atoms with E-state index in [1.54, 1.807) is 36.3 Å². The SMILES string of the molecule is COc1ccc(N(C(=O)C2CC2)[C@@H]2C=CS(=O)(=O)C2)c(OC)c1. The van der Waals surface area contributed by atoms with Crippen LogP contribution >= 0.6 is 0 Å². The van der Waals surface area contributed by atoms with E-state index in [0.717, 1.165) is 12.8 Å². The van der Waals surface area contributed by atoms with Gasteiger partial charge < -0.3 is 14.4 Å². The smallest absolute Gasteiger partial charge is 0.230 e. The number of sulfone groups is 1. The van der Waals surface area contributed by atoms with Crippen molar-refractivity contribution in [3.8, 4) is 11.5 Å². The van der Waals surface area contributed by atoms with Gasteiger partial charge in [-0.1, -0.05) is 0 Å². The monoisotopic (exact) mass is 337 g/mol. The Bertz CT molecular complexity index is 752. The predicted octanol–water partition coefficient (Wildman–Crippen LogP) is 1.76. The van der Waals surface area contributed by atoms with Crippen LogP contribution in [0.1, 0.15) is 12.8 Å². The van der Waals surface area contributed by atoms with Crippen molar-refractivity contribution in [3.63, 3.8) is 0 Å². The first-order valence-corrected chi connectivity index (χ1v) is 9.13. The highest BCUT2D eigenvalue weighted by Crippen LogP contribution is 2.39. The molecule has 0 unspecified atom stereocenters. The number of anilines is 1. The zero-order valence-corrected chi connectivity index (χ0v) is 13.9. The Morgan fingerprint density at radius 1 is 1.22 bits per heavy atom. The molecule has 3 rings (SSSR count). The molecular weight excluding hydrogens is 318 g/mol. The van der Waals surface area contributed by atoms with E-state index in [9.17, 15) is 13.2 Å². The Morgan fingerprint density at radius 3 is 2.48 bits per heavy atom. The highest BCUT2D eigenvalue weighted by molar-refractivity contribution is 7.94. The van der Waals surface area contributed by atoms with Crippen LogP contribution in [-0.4, -0.2) is 40.3 Å². The van der Waals surface area contributed by atoms with Crippen molar-refractivity contribution in [1.82, 2.24) is 0 Å². The van der Waals surface area contributed by atoms with Crippen molar-refractivity contribution in [2.45, 2.75) is 18.9 Å². The van der Waals surface area contributed by atoms with Gasteiger partial charge in [0.2, 0.25) is 5.91 Å². The van der Waals surface area contributed by atoms with Crippen LogP contribution in [0.2, 0.25) is 0 Å². The maximum absolute atomic E-state index is 12.7. The first kappa shape index (κ1) is 15.9. The van der Waals surface area contributed by atoms with E-state index in [0.29, 0.717) is 17.2 Å². The molecule has 0 saturated heterocycles. The van der Waals surface area contributed by atoms with E-state index in [4.69, 9.17) is 9.47 Å². The molecule has 1 fully saturated rings. The summed E-state index contributed by atoms with van der Waals surface area (Å²) in [5.74, 6) is 0.912. The second-order valence-corrected chi connectivity index (χ2v) is 7.68. The van der Waals surface area contributed by atoms with Crippen LogP contribution in [0, 0.1) is 5.92 Å². The average molecular weight is 337 g/mol. The molecule has 124 valence electrons. The Kier molecular flexibility index (Phi) is 4.06. The van der Waals surface area contributed by atoms with Crippen LogP contribution in [0.5, 0.6) is 11.5 Å². The molecule has 1 aromatic carbocycles. The van der Waals surface area contributed by atoms with E-state index in [1.807, 2.05) is 0 Å². The number of rotatable bonds is 5. The second kappa shape index (κ2) is 5.88. The first-order chi connectivity index (χ1) is 10.9. The number of amides is 1. The van der Waals surface area contributed by atoms with E-state index >= 15 is 0 Å². The summed E-state index contributed by atoms with van der Waals surface area (Å²) in [7, 11) is -0.197. The quantitative estimate of drug-likeness (QED) is 0.818. The summed E-state index contributed by atoms with van der Waals surface area (Å²) in [5, 5.41) is 1.18. The Hall–Kier alpha value is -2.02. The number of methoxy groups -OCH3 is 2. The van der Waals surface area contributed by atoms with Crippen LogP contribution in [0.15, 0.2) is 29.7 Å². The van der Waals surface area contributed by atoms with Crippen molar-refractivity contribution in [2.24, 2.45) is 5.92 Å². The van der Waals surface area contributed by atoms with E-state index in [1.165, 1.54) is 12.5 Å². The summed E-state index contributed by atoms with van der Waals surface area (Å²) < 4.78 is 34.1. The Morgan fingerprint density at radius 2 is 1.96 bits per heavy atom. The minimum Gasteiger partial charge on any atom is -0.497 e. The van der Waals surface area contributed by atoms with Crippen LogP contribution < -0.4 is 14.4 Å². The molecule has 0 bridgehead atoms. The molecule has 1 aromatic rings. The molecule has 0 aromatic heterocycles. The molecule has 1 atom stereocenters. The van der Waals surface area contributed by atoms with Crippen LogP contribution in [0.3, 0.4) is 0 Å². The molecule has 1 saturated carbocycles. The van der Waals surface area contributed by atoms with Gasteiger partial charge in [-0.3, -0.25) is 4.79 Å². The van der Waals surface area contributed by atoms with E-state index in [-0.39, 0.29) is 17.6 Å². The van der Waals surface area contributed by atoms with Crippen molar-refractivity contribution in [3.05, 3.63) is 29.7 Å². The fraction of sp³-hybridized carbons (Fsp3) is 0.438. The molecule has 0 N–H and O–H groups in total. The standard InChI is InChI=1S/C16H19NO5S/c1-21-13-5-6-14(15(9-13)22-2)17(16(18)11-3-4-11)12-7-8-23(19,20)10-12/h5-9,11-12H,3-4,10H2,1-2H3/t12-/m1/s1. The minimum absolute atomic E-state index is 0.0292. The normalized spacial score (nSPS) is 21.9. The van der Waals surface area contributed by atoms with Crippen molar-refractivity contribution >= 4 is 21.4 Å². The third-order valence-corrected chi connectivity index (χ3v) is 5.43. The largest absolute Gasteiger partial charge is 0.497 e. The number of benzene rings is 1. The maximum Gasteiger partial charge on any atom is 0.230 e. The summed E-state index contributed by atoms with van der Waals surface area (Å²) in [5.41, 5.74) is 0.567. The maximum atomic E-state index is 12.7. The number of nitrogens with zero attached hydrogens (tertiary/aromatic N) is 1. The minimum atomic E-state index is -3.26. The molecule has 0 radical (unpaired) electrons. The van der Waals surface area contributed by atoms with Gasteiger partial charge in [0.25, 0.3) is 0 Å². The molecule has 1 aliphatic carbocycles. The summed E-state index contributed by atoms with van der Waals surface area (Å²) >= 11 is 0. The third kappa shape index (κ3) is 3.19. The van der Waals surface area contributed by atoms with Gasteiger partial charge in [0.1, 0.15) is 11.5 Å². The summed E-state index contributed by atoms with van der Waals surface area (Å²) in [6, 6.07) is 4.65. The van der Waals surface area contributed by atoms with Gasteiger partial charge in [-0.15, -0.1) is 0 Å². The van der Waals surface area contributed by atoms with Crippen molar-refractivity contribution < 1.29 is 22.7 Å². The lowest BCUT2D eigenvalue weighted by Gasteiger charge is -2.29. The van der Waals surface area contributed by atoms with Gasteiger partial charge in [-0.25, -0.2) is 8.42 Å². The Balaban J connectivity index is 2.02. The molecule has 7 heteroatoms. The van der Waals surface area contributed by atoms with Gasteiger partial charge in [0.15, 0.2) is 9.84 Å². The highest BCUT2D eigenvalue weighted by Gasteiger charge is 2.40. The molecule has 1 heterocycles. The molecule has 1 aliphatic heterocycles. The molecule has 6 nitrogen and oxygen atoms in total. The Labute approximate surface area is 135 Å². The predicted molar refractivity (Wildman–Crippen MR) is 86.5 cm³/mol. The summed E-state index contributed by atoms with van der Waals surface area (Å²) in [6.07, 6.45) is 3.26. The van der Waals surface area contributed by atoms with Crippen molar-refractivity contribution in [2.75, 3.05) is 24.9 Å². The number of carbonyl (C=O) groups excluding carboxylic acids is 1. The number of carbonyl (C=O) groups is 1. The lowest BCUT2D eigenvalue weighted by Crippen LogP contribution is -2.42. The fourth-order valence-corrected chi connectivity index (χ4v) is 3.96. The number of ether oxygens (including phenoxy) is 2. The van der Waals surface area contributed by atoms with Gasteiger partial charge in [0.05, 0.1) is 31.7 Å². The van der Waals surface area contributed by atoms with Crippen LogP contribution in [-0.2, 0) is 14.6 Å². The molecule has 1 amide bonds. The van der Waals surface area contributed by atoms with Gasteiger partial charge in [-0.2, -0.15) is 0 Å². The third-order valence-electron chi connectivity index (χ3n) is 4.05. The van der Waals surface area contributed by atoms with Gasteiger partial charge in [-0.05, 0) is 31.1 Å². The zero-order chi connectivity index (χ0) is 16.6. The van der Waals surface area contributed by atoms with E-state index in [2.05, 4.69) is 0 Å². The zero-order valence-electron chi connectivity index (χ0n) is 13.1. The summed E-state index contributed by atoms with van der Waals surface area (Å²) in [6.45, 7) is 0. The topological polar surface area (TPSA) is 72.9 Å². The first-order valence-electron chi connectivity index (χ1n) is 7.41. The molecule has 23 heavy (non-hydrogen) atoms.